The predicted octanol–water partition coefficient (Wildman–Crippen LogP) is 23.0. The van der Waals surface area contributed by atoms with E-state index in [2.05, 4.69) is 50.4 Å². The van der Waals surface area contributed by atoms with Gasteiger partial charge in [-0.15, -0.1) is 0 Å². The highest BCUT2D eigenvalue weighted by Gasteiger charge is 2.30. The van der Waals surface area contributed by atoms with Gasteiger partial charge in [0.1, 0.15) is 19.3 Å². The van der Waals surface area contributed by atoms with Crippen LogP contribution < -0.4 is 5.32 Å². The number of phosphoric acid groups is 1. The molecule has 3 atom stereocenters. The number of carbonyl (C=O) groups is 2. The fraction of sp³-hybridized carbons (Fsp3) is 0.890. The molecule has 0 radical (unpaired) electrons. The molecule has 0 aromatic rings. The van der Waals surface area contributed by atoms with Gasteiger partial charge in [0, 0.05) is 12.8 Å². The Bertz CT molecular complexity index is 1510. The lowest BCUT2D eigenvalue weighted by atomic mass is 10.0. The molecule has 0 bridgehead atoms. The third kappa shape index (κ3) is 64.5. The van der Waals surface area contributed by atoms with Gasteiger partial charge in [-0.2, -0.15) is 0 Å². The number of likely N-dealkylation sites (N-methyl/N-ethyl adjacent to an activating group) is 1. The number of ether oxygens (including phenoxy) is 1. The van der Waals surface area contributed by atoms with E-state index in [-0.39, 0.29) is 25.1 Å². The summed E-state index contributed by atoms with van der Waals surface area (Å²) < 4.78 is 30.8. The van der Waals surface area contributed by atoms with E-state index in [0.29, 0.717) is 23.9 Å². The smallest absolute Gasteiger partial charge is 0.456 e. The van der Waals surface area contributed by atoms with Crippen molar-refractivity contribution >= 4 is 19.7 Å². The van der Waals surface area contributed by atoms with Gasteiger partial charge >= 0.3 is 13.8 Å². The molecule has 0 saturated heterocycles. The van der Waals surface area contributed by atoms with Crippen molar-refractivity contribution in [1.29, 1.82) is 0 Å². The summed E-state index contributed by atoms with van der Waals surface area (Å²) in [7, 11) is 1.51. The van der Waals surface area contributed by atoms with E-state index in [4.69, 9.17) is 13.8 Å². The Hall–Kier alpha value is -1.77. The van der Waals surface area contributed by atoms with Gasteiger partial charge in [-0.25, -0.2) is 4.57 Å². The summed E-state index contributed by atoms with van der Waals surface area (Å²) in [5.41, 5.74) is 0. The van der Waals surface area contributed by atoms with Gasteiger partial charge in [-0.05, 0) is 63.9 Å². The van der Waals surface area contributed by atoms with Crippen molar-refractivity contribution in [2.24, 2.45) is 0 Å². The second-order valence-electron chi connectivity index (χ2n) is 26.1. The molecule has 0 rings (SSSR count). The van der Waals surface area contributed by atoms with Crippen LogP contribution in [0.4, 0.5) is 0 Å². The minimum absolute atomic E-state index is 0.0411. The number of unbranched alkanes of at least 4 members (excludes halogenated alkanes) is 47. The molecule has 0 heterocycles. The van der Waals surface area contributed by atoms with Crippen LogP contribution in [0.2, 0.25) is 0 Å². The summed E-state index contributed by atoms with van der Waals surface area (Å²) in [6, 6.07) is -0.850. The average Bonchev–Trinajstić information content (AvgIpc) is 3.46. The molecule has 83 heavy (non-hydrogen) atoms. The number of carbonyl (C=O) groups excluding carboxylic acids is 2. The quantitative estimate of drug-likeness (QED) is 0.0205. The molecular weight excluding hydrogens is 1050 g/mol. The van der Waals surface area contributed by atoms with Crippen LogP contribution in [0.25, 0.3) is 0 Å². The number of quaternary nitrogens is 1. The second kappa shape index (κ2) is 63.3. The van der Waals surface area contributed by atoms with E-state index in [1.807, 2.05) is 33.3 Å². The number of nitrogens with zero attached hydrogens (tertiary/aromatic N) is 1. The first kappa shape index (κ1) is 81.2. The van der Waals surface area contributed by atoms with E-state index >= 15 is 0 Å². The van der Waals surface area contributed by atoms with Crippen LogP contribution in [0.1, 0.15) is 367 Å². The molecule has 0 saturated carbocycles. The van der Waals surface area contributed by atoms with Crippen molar-refractivity contribution in [3.8, 4) is 0 Å². The number of esters is 1. The highest BCUT2D eigenvalue weighted by Crippen LogP contribution is 2.43. The molecule has 9 nitrogen and oxygen atoms in total. The van der Waals surface area contributed by atoms with Crippen LogP contribution in [0.5, 0.6) is 0 Å². The summed E-state index contributed by atoms with van der Waals surface area (Å²) in [6.45, 7) is 7.04. The van der Waals surface area contributed by atoms with Crippen molar-refractivity contribution < 1.29 is 37.3 Å². The molecule has 2 N–H and O–H groups in total. The van der Waals surface area contributed by atoms with Crippen LogP contribution in [-0.2, 0) is 27.9 Å². The molecular formula is C73H142N2O7P+. The van der Waals surface area contributed by atoms with Gasteiger partial charge in [-0.3, -0.25) is 18.6 Å². The van der Waals surface area contributed by atoms with Gasteiger partial charge in [0.25, 0.3) is 0 Å². The van der Waals surface area contributed by atoms with E-state index in [0.717, 1.165) is 77.0 Å². The molecule has 10 heteroatoms. The number of hydrogen-bond acceptors (Lipinski definition) is 6. The maximum Gasteiger partial charge on any atom is 0.472 e. The molecule has 0 fully saturated rings. The number of hydrogen-bond donors (Lipinski definition) is 2. The molecule has 1 amide bonds. The Balaban J connectivity index is 5.00. The first-order valence-corrected chi connectivity index (χ1v) is 37.8. The van der Waals surface area contributed by atoms with Gasteiger partial charge in [-0.1, -0.05) is 327 Å². The summed E-state index contributed by atoms with van der Waals surface area (Å²) in [6.07, 6.45) is 78.8. The van der Waals surface area contributed by atoms with Gasteiger partial charge in [0.15, 0.2) is 0 Å². The molecule has 0 aromatic heterocycles. The Morgan fingerprint density at radius 2 is 0.735 bits per heavy atom. The molecule has 0 aliphatic heterocycles. The van der Waals surface area contributed by atoms with Crippen LogP contribution in [0, 0.1) is 0 Å². The Labute approximate surface area is 516 Å². The molecule has 0 aliphatic carbocycles. The minimum Gasteiger partial charge on any atom is -0.456 e. The Morgan fingerprint density at radius 3 is 1.11 bits per heavy atom. The lowest BCUT2D eigenvalue weighted by Gasteiger charge is -2.27. The van der Waals surface area contributed by atoms with Gasteiger partial charge in [0.2, 0.25) is 5.91 Å². The fourth-order valence-corrected chi connectivity index (χ4v) is 11.7. The molecule has 0 spiro atoms. The monoisotopic (exact) mass is 1190 g/mol. The lowest BCUT2D eigenvalue weighted by Crippen LogP contribution is -2.47. The van der Waals surface area contributed by atoms with Gasteiger partial charge < -0.3 is 19.4 Å². The lowest BCUT2D eigenvalue weighted by molar-refractivity contribution is -0.870. The second-order valence-corrected chi connectivity index (χ2v) is 27.6. The van der Waals surface area contributed by atoms with Crippen molar-refractivity contribution in [3.05, 3.63) is 36.5 Å². The standard InChI is InChI=1S/C73H141N2O7P/c1-7-10-13-16-19-22-25-28-30-32-33-34-35-36-37-38-39-40-41-43-45-48-51-54-57-60-63-66-73(77)82-71(64-61-58-55-52-49-46-27-24-21-18-15-12-9-3)70(69-81-83(78,79)80-68-67-75(4,5)6)74-72(76)65-62-59-56-53-50-47-44-42-31-29-26-23-20-17-14-11-8-2/h20,23,29,31,61,64,70-71H,7-19,21-22,24-28,30,32-60,62-63,65-69H2,1-6H3,(H-,74,76,78,79)/p+1/b23-20-,31-29-,64-61-. The molecule has 3 unspecified atom stereocenters. The van der Waals surface area contributed by atoms with E-state index in [9.17, 15) is 19.0 Å². The Kier molecular flexibility index (Phi) is 61.9. The zero-order chi connectivity index (χ0) is 60.7. The molecule has 0 aromatic carbocycles. The number of nitrogens with one attached hydrogen (secondary N) is 1. The van der Waals surface area contributed by atoms with Crippen LogP contribution in [-0.4, -0.2) is 74.3 Å². The van der Waals surface area contributed by atoms with Crippen molar-refractivity contribution in [2.75, 3.05) is 40.9 Å². The summed E-state index contributed by atoms with van der Waals surface area (Å²) in [5.74, 6) is -0.494. The van der Waals surface area contributed by atoms with Crippen molar-refractivity contribution in [1.82, 2.24) is 5.32 Å². The van der Waals surface area contributed by atoms with E-state index in [1.54, 1.807) is 0 Å². The maximum atomic E-state index is 13.6. The number of phosphoric ester groups is 1. The fourth-order valence-electron chi connectivity index (χ4n) is 11.0. The van der Waals surface area contributed by atoms with Crippen molar-refractivity contribution in [3.63, 3.8) is 0 Å². The van der Waals surface area contributed by atoms with E-state index in [1.165, 1.54) is 257 Å². The number of rotatable bonds is 67. The van der Waals surface area contributed by atoms with Gasteiger partial charge in [0.05, 0.1) is 33.8 Å². The minimum atomic E-state index is -4.45. The Morgan fingerprint density at radius 1 is 0.422 bits per heavy atom. The van der Waals surface area contributed by atoms with Crippen LogP contribution >= 0.6 is 7.82 Å². The highest BCUT2D eigenvalue weighted by molar-refractivity contribution is 7.47. The SMILES string of the molecule is CCCCC/C=C\C/C=C\CCCCCCCCCC(=O)NC(COP(=O)(O)OCC[N+](C)(C)C)C(/C=C\CCCCCCCCCCCCC)OC(=O)CCCCCCCCCCCCCCCCCCCCCCCCCCCCC. The first-order valence-electron chi connectivity index (χ1n) is 36.3. The van der Waals surface area contributed by atoms with E-state index < -0.39 is 20.0 Å². The third-order valence-electron chi connectivity index (χ3n) is 16.6. The van der Waals surface area contributed by atoms with Crippen molar-refractivity contribution in [2.45, 2.75) is 380 Å². The topological polar surface area (TPSA) is 111 Å². The summed E-state index contributed by atoms with van der Waals surface area (Å²) in [5, 5.41) is 3.07. The summed E-state index contributed by atoms with van der Waals surface area (Å²) in [4.78, 5) is 37.9. The number of allylic oxidation sites excluding steroid dienone is 5. The normalized spacial score (nSPS) is 13.7. The maximum absolute atomic E-state index is 13.6. The number of amides is 1. The average molecular weight is 1190 g/mol. The molecule has 490 valence electrons. The third-order valence-corrected chi connectivity index (χ3v) is 17.6. The summed E-state index contributed by atoms with van der Waals surface area (Å²) >= 11 is 0. The highest BCUT2D eigenvalue weighted by atomic mass is 31.2. The van der Waals surface area contributed by atoms with Crippen LogP contribution in [0.15, 0.2) is 36.5 Å². The predicted molar refractivity (Wildman–Crippen MR) is 360 cm³/mol. The zero-order valence-corrected chi connectivity index (χ0v) is 57.1. The molecule has 0 aliphatic rings. The first-order chi connectivity index (χ1) is 40.4. The van der Waals surface area contributed by atoms with Crippen LogP contribution in [0.3, 0.4) is 0 Å². The zero-order valence-electron chi connectivity index (χ0n) is 56.2. The largest absolute Gasteiger partial charge is 0.472 e.